The maximum atomic E-state index is 11.9. The van der Waals surface area contributed by atoms with Crippen molar-refractivity contribution in [3.63, 3.8) is 0 Å². The minimum atomic E-state index is -0.873. The van der Waals surface area contributed by atoms with Gasteiger partial charge >= 0.3 is 12.1 Å². The largest absolute Gasteiger partial charge is 0.481 e. The van der Waals surface area contributed by atoms with Gasteiger partial charge in [-0.15, -0.1) is 0 Å². The molecule has 0 aromatic heterocycles. The summed E-state index contributed by atoms with van der Waals surface area (Å²) in [6.45, 7) is 1.70. The second-order valence-electron chi connectivity index (χ2n) is 4.74. The van der Waals surface area contributed by atoms with E-state index >= 15 is 0 Å². The molecule has 0 spiro atoms. The van der Waals surface area contributed by atoms with E-state index in [1.807, 2.05) is 30.3 Å². The summed E-state index contributed by atoms with van der Waals surface area (Å²) >= 11 is 0. The van der Waals surface area contributed by atoms with Gasteiger partial charge in [0.1, 0.15) is 6.61 Å². The van der Waals surface area contributed by atoms with Crippen molar-refractivity contribution in [3.8, 4) is 0 Å². The normalized spacial score (nSPS) is 18.6. The molecule has 1 aromatic carbocycles. The minimum absolute atomic E-state index is 0.00245. The van der Waals surface area contributed by atoms with E-state index in [4.69, 9.17) is 9.84 Å². The van der Waals surface area contributed by atoms with Crippen LogP contribution in [0.3, 0.4) is 0 Å². The van der Waals surface area contributed by atoms with Crippen molar-refractivity contribution in [2.24, 2.45) is 0 Å². The number of hydrogen-bond acceptors (Lipinski definition) is 4. The lowest BCUT2D eigenvalue weighted by Crippen LogP contribution is -2.53. The zero-order chi connectivity index (χ0) is 14.4. The molecule has 0 unspecified atom stereocenters. The average Bonchev–Trinajstić information content (AvgIpc) is 2.45. The zero-order valence-corrected chi connectivity index (χ0v) is 11.1. The van der Waals surface area contributed by atoms with E-state index in [9.17, 15) is 9.59 Å². The second-order valence-corrected chi connectivity index (χ2v) is 4.74. The highest BCUT2D eigenvalue weighted by Gasteiger charge is 2.25. The van der Waals surface area contributed by atoms with E-state index in [0.29, 0.717) is 19.6 Å². The fourth-order valence-corrected chi connectivity index (χ4v) is 2.15. The van der Waals surface area contributed by atoms with Crippen LogP contribution in [-0.2, 0) is 16.1 Å². The SMILES string of the molecule is O=C(O)C[C@H]1CN(C(=O)OCc2ccccc2)CCN1. The summed E-state index contributed by atoms with van der Waals surface area (Å²) in [5.41, 5.74) is 0.929. The molecule has 6 heteroatoms. The summed E-state index contributed by atoms with van der Waals surface area (Å²) in [6, 6.07) is 9.23. The molecule has 0 saturated carbocycles. The molecule has 1 aromatic rings. The third-order valence-electron chi connectivity index (χ3n) is 3.14. The lowest BCUT2D eigenvalue weighted by molar-refractivity contribution is -0.137. The molecule has 1 amide bonds. The Morgan fingerprint density at radius 1 is 1.35 bits per heavy atom. The first-order valence-corrected chi connectivity index (χ1v) is 6.56. The molecule has 2 N–H and O–H groups in total. The van der Waals surface area contributed by atoms with E-state index in [0.717, 1.165) is 5.56 Å². The molecule has 20 heavy (non-hydrogen) atoms. The number of nitrogens with zero attached hydrogens (tertiary/aromatic N) is 1. The molecule has 1 heterocycles. The minimum Gasteiger partial charge on any atom is -0.481 e. The second kappa shape index (κ2) is 6.91. The molecule has 2 rings (SSSR count). The Morgan fingerprint density at radius 3 is 2.80 bits per heavy atom. The summed E-state index contributed by atoms with van der Waals surface area (Å²) in [4.78, 5) is 24.2. The Bertz CT molecular complexity index is 464. The standard InChI is InChI=1S/C14H18N2O4/c17-13(18)8-12-9-16(7-6-15-12)14(19)20-10-11-4-2-1-3-5-11/h1-5,12,15H,6-10H2,(H,17,18)/t12-/m0/s1. The van der Waals surface area contributed by atoms with E-state index in [-0.39, 0.29) is 19.1 Å². The zero-order valence-electron chi connectivity index (χ0n) is 11.1. The first kappa shape index (κ1) is 14.3. The van der Waals surface area contributed by atoms with Crippen molar-refractivity contribution in [1.29, 1.82) is 0 Å². The molecule has 0 radical (unpaired) electrons. The van der Waals surface area contributed by atoms with E-state index in [2.05, 4.69) is 5.32 Å². The van der Waals surface area contributed by atoms with E-state index < -0.39 is 12.1 Å². The number of benzene rings is 1. The monoisotopic (exact) mass is 278 g/mol. The average molecular weight is 278 g/mol. The molecule has 0 aliphatic carbocycles. The number of nitrogens with one attached hydrogen (secondary N) is 1. The molecule has 1 aliphatic heterocycles. The maximum Gasteiger partial charge on any atom is 0.410 e. The summed E-state index contributed by atoms with van der Waals surface area (Å²) in [6.07, 6.45) is -0.395. The summed E-state index contributed by atoms with van der Waals surface area (Å²) in [7, 11) is 0. The van der Waals surface area contributed by atoms with Gasteiger partial charge in [0.25, 0.3) is 0 Å². The Hall–Kier alpha value is -2.08. The number of carboxylic acids is 1. The van der Waals surface area contributed by atoms with Crippen LogP contribution in [0.15, 0.2) is 30.3 Å². The van der Waals surface area contributed by atoms with Crippen LogP contribution < -0.4 is 5.32 Å². The Kier molecular flexibility index (Phi) is 4.95. The third-order valence-corrected chi connectivity index (χ3v) is 3.14. The van der Waals surface area contributed by atoms with Crippen molar-refractivity contribution in [3.05, 3.63) is 35.9 Å². The quantitative estimate of drug-likeness (QED) is 0.861. The Labute approximate surface area is 117 Å². The summed E-state index contributed by atoms with van der Waals surface area (Å²) < 4.78 is 5.23. The number of carbonyl (C=O) groups is 2. The molecule has 1 aliphatic rings. The van der Waals surface area contributed by atoms with Crippen LogP contribution in [0.2, 0.25) is 0 Å². The first-order chi connectivity index (χ1) is 9.65. The number of aliphatic carboxylic acids is 1. The van der Waals surface area contributed by atoms with Crippen molar-refractivity contribution >= 4 is 12.1 Å². The van der Waals surface area contributed by atoms with Gasteiger partial charge in [0.05, 0.1) is 6.42 Å². The van der Waals surface area contributed by atoms with Crippen LogP contribution >= 0.6 is 0 Å². The number of rotatable bonds is 4. The summed E-state index contributed by atoms with van der Waals surface area (Å²) in [5.74, 6) is -0.873. The van der Waals surface area contributed by atoms with Crippen LogP contribution in [0.5, 0.6) is 0 Å². The van der Waals surface area contributed by atoms with Crippen molar-refractivity contribution < 1.29 is 19.4 Å². The number of hydrogen-bond donors (Lipinski definition) is 2. The van der Waals surface area contributed by atoms with Gasteiger partial charge in [-0.05, 0) is 5.56 Å². The van der Waals surface area contributed by atoms with Gasteiger partial charge in [-0.2, -0.15) is 0 Å². The molecule has 108 valence electrons. The van der Waals surface area contributed by atoms with Crippen molar-refractivity contribution in [2.75, 3.05) is 19.6 Å². The Morgan fingerprint density at radius 2 is 2.10 bits per heavy atom. The van der Waals surface area contributed by atoms with E-state index in [1.54, 1.807) is 4.90 Å². The lowest BCUT2D eigenvalue weighted by atomic mass is 10.1. The van der Waals surface area contributed by atoms with Crippen LogP contribution in [0.25, 0.3) is 0 Å². The number of carboxylic acid groups (broad SMARTS) is 1. The van der Waals surface area contributed by atoms with Crippen molar-refractivity contribution in [1.82, 2.24) is 10.2 Å². The van der Waals surface area contributed by atoms with Gasteiger partial charge in [0.15, 0.2) is 0 Å². The van der Waals surface area contributed by atoms with Crippen LogP contribution in [-0.4, -0.2) is 47.7 Å². The molecule has 6 nitrogen and oxygen atoms in total. The fourth-order valence-electron chi connectivity index (χ4n) is 2.15. The van der Waals surface area contributed by atoms with Gasteiger partial charge in [-0.1, -0.05) is 30.3 Å². The number of amides is 1. The molecule has 1 fully saturated rings. The molecular formula is C14H18N2O4. The molecule has 1 atom stereocenters. The maximum absolute atomic E-state index is 11.9. The smallest absolute Gasteiger partial charge is 0.410 e. The van der Waals surface area contributed by atoms with Crippen LogP contribution in [0, 0.1) is 0 Å². The predicted octanol–water partition coefficient (Wildman–Crippen LogP) is 1.07. The number of carbonyl (C=O) groups excluding carboxylic acids is 1. The molecular weight excluding hydrogens is 260 g/mol. The van der Waals surface area contributed by atoms with Gasteiger partial charge in [0.2, 0.25) is 0 Å². The Balaban J connectivity index is 1.81. The molecule has 0 bridgehead atoms. The predicted molar refractivity (Wildman–Crippen MR) is 72.2 cm³/mol. The highest BCUT2D eigenvalue weighted by molar-refractivity contribution is 5.69. The molecule has 1 saturated heterocycles. The van der Waals surface area contributed by atoms with Gasteiger partial charge < -0.3 is 20.1 Å². The summed E-state index contributed by atoms with van der Waals surface area (Å²) in [5, 5.41) is 11.8. The van der Waals surface area contributed by atoms with Gasteiger partial charge in [-0.25, -0.2) is 4.79 Å². The van der Waals surface area contributed by atoms with E-state index in [1.165, 1.54) is 0 Å². The number of ether oxygens (including phenoxy) is 1. The third kappa shape index (κ3) is 4.24. The highest BCUT2D eigenvalue weighted by Crippen LogP contribution is 2.07. The van der Waals surface area contributed by atoms with Crippen molar-refractivity contribution in [2.45, 2.75) is 19.1 Å². The topological polar surface area (TPSA) is 78.9 Å². The first-order valence-electron chi connectivity index (χ1n) is 6.56. The lowest BCUT2D eigenvalue weighted by Gasteiger charge is -2.32. The fraction of sp³-hybridized carbons (Fsp3) is 0.429. The number of piperazine rings is 1. The van der Waals surface area contributed by atoms with Crippen LogP contribution in [0.4, 0.5) is 4.79 Å². The van der Waals surface area contributed by atoms with Gasteiger partial charge in [0, 0.05) is 25.7 Å². The van der Waals surface area contributed by atoms with Gasteiger partial charge in [-0.3, -0.25) is 4.79 Å². The highest BCUT2D eigenvalue weighted by atomic mass is 16.6. The van der Waals surface area contributed by atoms with Crippen LogP contribution in [0.1, 0.15) is 12.0 Å².